The van der Waals surface area contributed by atoms with Gasteiger partial charge < -0.3 is 0 Å². The van der Waals surface area contributed by atoms with Gasteiger partial charge in [-0.1, -0.05) is 27.7 Å². The molecule has 2 rings (SSSR count). The van der Waals surface area contributed by atoms with Crippen LogP contribution < -0.4 is 0 Å². The van der Waals surface area contributed by atoms with Gasteiger partial charge in [0.1, 0.15) is 5.78 Å². The second-order valence-corrected chi connectivity index (χ2v) is 7.17. The van der Waals surface area contributed by atoms with Crippen LogP contribution in [0.3, 0.4) is 0 Å². The molecule has 0 aromatic heterocycles. The van der Waals surface area contributed by atoms with Gasteiger partial charge in [0.15, 0.2) is 0 Å². The maximum absolute atomic E-state index is 12.1. The Morgan fingerprint density at radius 3 is 2.65 bits per heavy atom. The summed E-state index contributed by atoms with van der Waals surface area (Å²) in [5.41, 5.74) is 0.337. The van der Waals surface area contributed by atoms with Gasteiger partial charge in [-0.2, -0.15) is 0 Å². The molecule has 98 valence electrons. The van der Waals surface area contributed by atoms with Crippen LogP contribution in [0.4, 0.5) is 0 Å². The third kappa shape index (κ3) is 2.30. The topological polar surface area (TPSA) is 17.1 Å². The summed E-state index contributed by atoms with van der Waals surface area (Å²) in [6.07, 6.45) is 7.06. The van der Waals surface area contributed by atoms with Gasteiger partial charge in [-0.15, -0.1) is 0 Å². The summed E-state index contributed by atoms with van der Waals surface area (Å²) < 4.78 is 0. The first-order valence-corrected chi connectivity index (χ1v) is 7.48. The molecule has 2 aliphatic rings. The lowest BCUT2D eigenvalue weighted by molar-refractivity contribution is -0.130. The highest BCUT2D eigenvalue weighted by atomic mass is 16.1. The molecule has 0 aromatic carbocycles. The first kappa shape index (κ1) is 13.1. The molecule has 4 atom stereocenters. The Hall–Kier alpha value is -0.330. The Labute approximate surface area is 106 Å². The smallest absolute Gasteiger partial charge is 0.136 e. The Morgan fingerprint density at radius 2 is 2.00 bits per heavy atom. The van der Waals surface area contributed by atoms with E-state index in [-0.39, 0.29) is 0 Å². The monoisotopic (exact) mass is 236 g/mol. The second-order valence-electron chi connectivity index (χ2n) is 7.17. The van der Waals surface area contributed by atoms with Gasteiger partial charge in [-0.25, -0.2) is 0 Å². The molecule has 0 radical (unpaired) electrons. The molecule has 0 amide bonds. The number of fused-ring (bicyclic) bond motifs is 1. The number of carbonyl (C=O) groups excluding carboxylic acids is 1. The van der Waals surface area contributed by atoms with Crippen molar-refractivity contribution < 1.29 is 4.79 Å². The van der Waals surface area contributed by atoms with Crippen LogP contribution >= 0.6 is 0 Å². The molecule has 1 nitrogen and oxygen atoms in total. The minimum absolute atomic E-state index is 0.337. The SMILES string of the molecule is CC(C)CC(C)C1CCC2C(=O)CCCC21C. The van der Waals surface area contributed by atoms with Crippen molar-refractivity contribution in [1.29, 1.82) is 0 Å². The lowest BCUT2D eigenvalue weighted by Gasteiger charge is -2.42. The van der Waals surface area contributed by atoms with Crippen LogP contribution in [0.25, 0.3) is 0 Å². The van der Waals surface area contributed by atoms with Crippen LogP contribution in [0.15, 0.2) is 0 Å². The van der Waals surface area contributed by atoms with Crippen molar-refractivity contribution in [3.8, 4) is 0 Å². The molecular weight excluding hydrogens is 208 g/mol. The van der Waals surface area contributed by atoms with E-state index in [4.69, 9.17) is 0 Å². The number of ketones is 1. The number of carbonyl (C=O) groups is 1. The third-order valence-electron chi connectivity index (χ3n) is 5.47. The fraction of sp³-hybridized carbons (Fsp3) is 0.938. The molecule has 2 fully saturated rings. The average Bonchev–Trinajstić information content (AvgIpc) is 2.55. The van der Waals surface area contributed by atoms with E-state index < -0.39 is 0 Å². The summed E-state index contributed by atoms with van der Waals surface area (Å²) in [6.45, 7) is 9.45. The van der Waals surface area contributed by atoms with Gasteiger partial charge in [-0.3, -0.25) is 4.79 Å². The fourth-order valence-corrected chi connectivity index (χ4v) is 4.81. The van der Waals surface area contributed by atoms with E-state index in [1.165, 1.54) is 25.7 Å². The van der Waals surface area contributed by atoms with Gasteiger partial charge in [-0.05, 0) is 55.3 Å². The molecular formula is C16H28O. The largest absolute Gasteiger partial charge is 0.299 e. The van der Waals surface area contributed by atoms with Crippen molar-refractivity contribution in [3.05, 3.63) is 0 Å². The summed E-state index contributed by atoms with van der Waals surface area (Å²) in [6, 6.07) is 0. The van der Waals surface area contributed by atoms with Gasteiger partial charge >= 0.3 is 0 Å². The van der Waals surface area contributed by atoms with Crippen LogP contribution in [0.1, 0.15) is 66.2 Å². The summed E-state index contributed by atoms with van der Waals surface area (Å²) in [5.74, 6) is 3.33. The second kappa shape index (κ2) is 4.74. The number of rotatable bonds is 3. The lowest BCUT2D eigenvalue weighted by Crippen LogP contribution is -2.39. The Bertz CT molecular complexity index is 294. The quantitative estimate of drug-likeness (QED) is 0.707. The Morgan fingerprint density at radius 1 is 1.29 bits per heavy atom. The normalized spacial score (nSPS) is 39.5. The molecule has 0 N–H and O–H groups in total. The van der Waals surface area contributed by atoms with Crippen molar-refractivity contribution in [3.63, 3.8) is 0 Å². The van der Waals surface area contributed by atoms with Crippen LogP contribution in [-0.4, -0.2) is 5.78 Å². The minimum atomic E-state index is 0.337. The van der Waals surface area contributed by atoms with E-state index in [1.54, 1.807) is 0 Å². The van der Waals surface area contributed by atoms with Crippen molar-refractivity contribution in [2.45, 2.75) is 66.2 Å². The number of hydrogen-bond acceptors (Lipinski definition) is 1. The van der Waals surface area contributed by atoms with Gasteiger partial charge in [0.25, 0.3) is 0 Å². The molecule has 0 bridgehead atoms. The van der Waals surface area contributed by atoms with E-state index in [2.05, 4.69) is 27.7 Å². The van der Waals surface area contributed by atoms with Crippen LogP contribution in [0.5, 0.6) is 0 Å². The molecule has 4 unspecified atom stereocenters. The van der Waals surface area contributed by atoms with Crippen LogP contribution in [0, 0.1) is 29.1 Å². The summed E-state index contributed by atoms with van der Waals surface area (Å²) >= 11 is 0. The van der Waals surface area contributed by atoms with Gasteiger partial charge in [0.2, 0.25) is 0 Å². The predicted molar refractivity (Wildman–Crippen MR) is 71.8 cm³/mol. The highest BCUT2D eigenvalue weighted by molar-refractivity contribution is 5.83. The maximum atomic E-state index is 12.1. The van der Waals surface area contributed by atoms with Crippen LogP contribution in [-0.2, 0) is 4.79 Å². The molecule has 0 spiro atoms. The van der Waals surface area contributed by atoms with Crippen LogP contribution in [0.2, 0.25) is 0 Å². The van der Waals surface area contributed by atoms with E-state index in [1.807, 2.05) is 0 Å². The molecule has 0 heterocycles. The molecule has 2 aliphatic carbocycles. The highest BCUT2D eigenvalue weighted by Crippen LogP contribution is 2.57. The highest BCUT2D eigenvalue weighted by Gasteiger charge is 2.52. The molecule has 17 heavy (non-hydrogen) atoms. The summed E-state index contributed by atoms with van der Waals surface area (Å²) in [5, 5.41) is 0. The standard InChI is InChI=1S/C16H28O/c1-11(2)10-12(3)13-7-8-14-15(17)6-5-9-16(13,14)4/h11-14H,5-10H2,1-4H3. The van der Waals surface area contributed by atoms with E-state index >= 15 is 0 Å². The Balaban J connectivity index is 2.12. The number of hydrogen-bond donors (Lipinski definition) is 0. The fourth-order valence-electron chi connectivity index (χ4n) is 4.81. The van der Waals surface area contributed by atoms with Crippen molar-refractivity contribution in [2.24, 2.45) is 29.1 Å². The third-order valence-corrected chi connectivity index (χ3v) is 5.47. The molecule has 0 aromatic rings. The number of Topliss-reactive ketones (excluding diaryl/α,β-unsaturated/α-hetero) is 1. The van der Waals surface area contributed by atoms with Crippen molar-refractivity contribution >= 4 is 5.78 Å². The van der Waals surface area contributed by atoms with E-state index in [9.17, 15) is 4.79 Å². The minimum Gasteiger partial charge on any atom is -0.299 e. The summed E-state index contributed by atoms with van der Waals surface area (Å²) in [4.78, 5) is 12.1. The van der Waals surface area contributed by atoms with Gasteiger partial charge in [0.05, 0.1) is 0 Å². The molecule has 1 heteroatoms. The van der Waals surface area contributed by atoms with Gasteiger partial charge in [0, 0.05) is 12.3 Å². The first-order chi connectivity index (χ1) is 7.95. The van der Waals surface area contributed by atoms with Crippen molar-refractivity contribution in [2.75, 3.05) is 0 Å². The zero-order valence-electron chi connectivity index (χ0n) is 12.0. The molecule has 0 aliphatic heterocycles. The molecule has 2 saturated carbocycles. The zero-order valence-corrected chi connectivity index (χ0v) is 12.0. The maximum Gasteiger partial charge on any atom is 0.136 e. The predicted octanol–water partition coefficient (Wildman–Crippen LogP) is 4.45. The lowest BCUT2D eigenvalue weighted by atomic mass is 9.61. The van der Waals surface area contributed by atoms with E-state index in [0.717, 1.165) is 30.6 Å². The summed E-state index contributed by atoms with van der Waals surface area (Å²) in [7, 11) is 0. The first-order valence-electron chi connectivity index (χ1n) is 7.48. The Kier molecular flexibility index (Phi) is 3.66. The van der Waals surface area contributed by atoms with Crippen molar-refractivity contribution in [1.82, 2.24) is 0 Å². The van der Waals surface area contributed by atoms with E-state index in [0.29, 0.717) is 17.1 Å². The molecule has 0 saturated heterocycles. The zero-order chi connectivity index (χ0) is 12.6. The average molecular weight is 236 g/mol.